The summed E-state index contributed by atoms with van der Waals surface area (Å²) in [5.74, 6) is 0. The van der Waals surface area contributed by atoms with Gasteiger partial charge in [0.25, 0.3) is 0 Å². The Labute approximate surface area is 109 Å². The zero-order valence-electron chi connectivity index (χ0n) is 11.2. The van der Waals surface area contributed by atoms with E-state index in [0.29, 0.717) is 0 Å². The summed E-state index contributed by atoms with van der Waals surface area (Å²) in [4.78, 5) is 11.0. The van der Waals surface area contributed by atoms with Crippen LogP contribution in [0.5, 0.6) is 0 Å². The lowest BCUT2D eigenvalue weighted by Gasteiger charge is -2.09. The van der Waals surface area contributed by atoms with Crippen LogP contribution < -0.4 is 0 Å². The zero-order valence-corrected chi connectivity index (χ0v) is 11.2. The van der Waals surface area contributed by atoms with Crippen molar-refractivity contribution in [2.75, 3.05) is 14.1 Å². The molecule has 0 unspecified atom stereocenters. The van der Waals surface area contributed by atoms with E-state index in [0.717, 1.165) is 29.9 Å². The highest BCUT2D eigenvalue weighted by Gasteiger charge is 2.02. The maximum absolute atomic E-state index is 4.49. The van der Waals surface area contributed by atoms with Crippen molar-refractivity contribution in [2.45, 2.75) is 19.9 Å². The fraction of sp³-hybridized carbons (Fsp3) is 0.333. The van der Waals surface area contributed by atoms with Gasteiger partial charge in [0.1, 0.15) is 0 Å². The topological polar surface area (TPSA) is 29.0 Å². The summed E-state index contributed by atoms with van der Waals surface area (Å²) < 4.78 is 0. The molecule has 94 valence electrons. The van der Waals surface area contributed by atoms with Gasteiger partial charge in [-0.15, -0.1) is 0 Å². The lowest BCUT2D eigenvalue weighted by atomic mass is 10.1. The van der Waals surface area contributed by atoms with Gasteiger partial charge < -0.3 is 4.90 Å². The van der Waals surface area contributed by atoms with E-state index in [1.165, 1.54) is 5.56 Å². The van der Waals surface area contributed by atoms with Crippen molar-refractivity contribution in [1.82, 2.24) is 14.9 Å². The summed E-state index contributed by atoms with van der Waals surface area (Å²) in [5, 5.41) is 0. The van der Waals surface area contributed by atoms with E-state index in [2.05, 4.69) is 46.1 Å². The Balaban J connectivity index is 2.22. The van der Waals surface area contributed by atoms with Crippen LogP contribution in [0.3, 0.4) is 0 Å². The first-order valence-electron chi connectivity index (χ1n) is 6.24. The Hall–Kier alpha value is -1.74. The van der Waals surface area contributed by atoms with E-state index in [4.69, 9.17) is 0 Å². The Morgan fingerprint density at radius 3 is 2.56 bits per heavy atom. The van der Waals surface area contributed by atoms with Gasteiger partial charge in [-0.3, -0.25) is 9.97 Å². The largest absolute Gasteiger partial charge is 0.304 e. The standard InChI is InChI=1S/C15H19N3/c1-4-12-6-5-7-13(8-12)15-10-16-14(9-17-15)11-18(2)3/h5-10H,4,11H2,1-3H3. The van der Waals surface area contributed by atoms with E-state index in [1.807, 2.05) is 26.5 Å². The molecule has 3 nitrogen and oxygen atoms in total. The first kappa shape index (κ1) is 12.7. The van der Waals surface area contributed by atoms with Crippen LogP contribution in [0.4, 0.5) is 0 Å². The summed E-state index contributed by atoms with van der Waals surface area (Å²) in [6.07, 6.45) is 4.75. The lowest BCUT2D eigenvalue weighted by Crippen LogP contribution is -2.12. The summed E-state index contributed by atoms with van der Waals surface area (Å²) in [6.45, 7) is 2.98. The third kappa shape index (κ3) is 3.14. The van der Waals surface area contributed by atoms with E-state index in [9.17, 15) is 0 Å². The molecule has 0 aliphatic carbocycles. The van der Waals surface area contributed by atoms with Crippen molar-refractivity contribution in [2.24, 2.45) is 0 Å². The molecule has 0 aliphatic heterocycles. The molecule has 0 saturated carbocycles. The van der Waals surface area contributed by atoms with Crippen molar-refractivity contribution in [3.05, 3.63) is 47.9 Å². The SMILES string of the molecule is CCc1cccc(-c2cnc(CN(C)C)cn2)c1. The van der Waals surface area contributed by atoms with Crippen molar-refractivity contribution in [1.29, 1.82) is 0 Å². The Bertz CT molecular complexity index is 503. The molecule has 1 heterocycles. The van der Waals surface area contributed by atoms with Crippen LogP contribution in [0.25, 0.3) is 11.3 Å². The number of hydrogen-bond acceptors (Lipinski definition) is 3. The molecule has 2 aromatic rings. The van der Waals surface area contributed by atoms with Crippen LogP contribution in [-0.2, 0) is 13.0 Å². The highest BCUT2D eigenvalue weighted by atomic mass is 15.1. The number of aromatic nitrogens is 2. The van der Waals surface area contributed by atoms with Gasteiger partial charge in [0, 0.05) is 12.1 Å². The number of nitrogens with zero attached hydrogens (tertiary/aromatic N) is 3. The molecule has 0 radical (unpaired) electrons. The van der Waals surface area contributed by atoms with Crippen LogP contribution in [0, 0.1) is 0 Å². The summed E-state index contributed by atoms with van der Waals surface area (Å²) in [7, 11) is 4.06. The average Bonchev–Trinajstić information content (AvgIpc) is 2.39. The van der Waals surface area contributed by atoms with Crippen LogP contribution >= 0.6 is 0 Å². The molecule has 0 amide bonds. The van der Waals surface area contributed by atoms with Gasteiger partial charge in [0.15, 0.2) is 0 Å². The second kappa shape index (κ2) is 5.74. The van der Waals surface area contributed by atoms with E-state index >= 15 is 0 Å². The number of aryl methyl sites for hydroxylation is 1. The third-order valence-corrected chi connectivity index (χ3v) is 2.81. The van der Waals surface area contributed by atoms with Gasteiger partial charge in [-0.1, -0.05) is 25.1 Å². The molecule has 0 fully saturated rings. The average molecular weight is 241 g/mol. The highest BCUT2D eigenvalue weighted by Crippen LogP contribution is 2.17. The van der Waals surface area contributed by atoms with E-state index < -0.39 is 0 Å². The Morgan fingerprint density at radius 1 is 1.11 bits per heavy atom. The number of hydrogen-bond donors (Lipinski definition) is 0. The minimum atomic E-state index is 0.822. The molecule has 0 spiro atoms. The van der Waals surface area contributed by atoms with Crippen LogP contribution in [0.1, 0.15) is 18.2 Å². The molecule has 18 heavy (non-hydrogen) atoms. The van der Waals surface area contributed by atoms with Crippen LogP contribution in [-0.4, -0.2) is 29.0 Å². The summed E-state index contributed by atoms with van der Waals surface area (Å²) in [6, 6.07) is 8.46. The Kier molecular flexibility index (Phi) is 4.05. The molecule has 3 heteroatoms. The highest BCUT2D eigenvalue weighted by molar-refractivity contribution is 5.58. The Morgan fingerprint density at radius 2 is 1.94 bits per heavy atom. The molecule has 0 atom stereocenters. The second-order valence-electron chi connectivity index (χ2n) is 4.68. The number of rotatable bonds is 4. The first-order chi connectivity index (χ1) is 8.69. The molecule has 0 aliphatic rings. The minimum absolute atomic E-state index is 0.822. The molecule has 1 aromatic carbocycles. The number of benzene rings is 1. The normalized spacial score (nSPS) is 10.9. The van der Waals surface area contributed by atoms with Crippen molar-refractivity contribution in [3.63, 3.8) is 0 Å². The predicted molar refractivity (Wildman–Crippen MR) is 74.2 cm³/mol. The predicted octanol–water partition coefficient (Wildman–Crippen LogP) is 2.77. The van der Waals surface area contributed by atoms with E-state index in [1.54, 1.807) is 0 Å². The molecule has 2 rings (SSSR count). The molecule has 1 aromatic heterocycles. The fourth-order valence-corrected chi connectivity index (χ4v) is 1.86. The van der Waals surface area contributed by atoms with E-state index in [-0.39, 0.29) is 0 Å². The molecule has 0 bridgehead atoms. The maximum Gasteiger partial charge on any atom is 0.0885 e. The van der Waals surface area contributed by atoms with Gasteiger partial charge in [-0.2, -0.15) is 0 Å². The molecular formula is C15H19N3. The van der Waals surface area contributed by atoms with Gasteiger partial charge in [-0.05, 0) is 32.1 Å². The zero-order chi connectivity index (χ0) is 13.0. The van der Waals surface area contributed by atoms with Crippen LogP contribution in [0.15, 0.2) is 36.7 Å². The van der Waals surface area contributed by atoms with Crippen molar-refractivity contribution >= 4 is 0 Å². The maximum atomic E-state index is 4.49. The molecule has 0 saturated heterocycles. The molecule has 0 N–H and O–H groups in total. The summed E-state index contributed by atoms with van der Waals surface area (Å²) >= 11 is 0. The minimum Gasteiger partial charge on any atom is -0.304 e. The van der Waals surface area contributed by atoms with Gasteiger partial charge in [0.05, 0.1) is 23.8 Å². The third-order valence-electron chi connectivity index (χ3n) is 2.81. The monoisotopic (exact) mass is 241 g/mol. The second-order valence-corrected chi connectivity index (χ2v) is 4.68. The van der Waals surface area contributed by atoms with Crippen molar-refractivity contribution in [3.8, 4) is 11.3 Å². The fourth-order valence-electron chi connectivity index (χ4n) is 1.86. The smallest absolute Gasteiger partial charge is 0.0885 e. The molecular weight excluding hydrogens is 222 g/mol. The quantitative estimate of drug-likeness (QED) is 0.824. The van der Waals surface area contributed by atoms with Gasteiger partial charge in [-0.25, -0.2) is 0 Å². The first-order valence-corrected chi connectivity index (χ1v) is 6.24. The summed E-state index contributed by atoms with van der Waals surface area (Å²) in [5.41, 5.74) is 4.40. The van der Waals surface area contributed by atoms with Gasteiger partial charge in [0.2, 0.25) is 0 Å². The lowest BCUT2D eigenvalue weighted by molar-refractivity contribution is 0.396. The van der Waals surface area contributed by atoms with Gasteiger partial charge >= 0.3 is 0 Å². The van der Waals surface area contributed by atoms with Crippen molar-refractivity contribution < 1.29 is 0 Å². The van der Waals surface area contributed by atoms with Crippen LogP contribution in [0.2, 0.25) is 0 Å².